The summed E-state index contributed by atoms with van der Waals surface area (Å²) in [5.41, 5.74) is 2.93. The highest BCUT2D eigenvalue weighted by Crippen LogP contribution is 2.56. The molecule has 1 aliphatic heterocycles. The highest BCUT2D eigenvalue weighted by atomic mass is 16.2. The van der Waals surface area contributed by atoms with E-state index in [0.29, 0.717) is 17.5 Å². The number of rotatable bonds is 3. The van der Waals surface area contributed by atoms with E-state index in [0.717, 1.165) is 30.4 Å². The molecule has 5 nitrogen and oxygen atoms in total. The molecule has 0 aromatic heterocycles. The van der Waals surface area contributed by atoms with Crippen molar-refractivity contribution in [3.05, 3.63) is 29.3 Å². The standard InChI is InChI=1S/C20H24N2O3/c1-10-4-7-15(8-11(10)2)21-18(23)12(3)22-19(24)16-13-5-6-14(9-13)17(16)20(22)25/h4,7-8,12-14,16-17H,5-6,9H2,1-3H3,(H,21,23)/t12-,13+,14+,16-,17+/m1/s1. The third-order valence-electron chi connectivity index (χ3n) is 6.50. The van der Waals surface area contributed by atoms with Crippen molar-refractivity contribution < 1.29 is 14.4 Å². The van der Waals surface area contributed by atoms with E-state index in [1.165, 1.54) is 4.90 Å². The summed E-state index contributed by atoms with van der Waals surface area (Å²) in [5, 5.41) is 2.85. The number of carbonyl (C=O) groups is 3. The van der Waals surface area contributed by atoms with Gasteiger partial charge in [0, 0.05) is 5.69 Å². The number of imide groups is 1. The number of amides is 3. The van der Waals surface area contributed by atoms with Gasteiger partial charge >= 0.3 is 0 Å². The summed E-state index contributed by atoms with van der Waals surface area (Å²) in [4.78, 5) is 39.5. The van der Waals surface area contributed by atoms with Gasteiger partial charge in [-0.25, -0.2) is 0 Å². The fraction of sp³-hybridized carbons (Fsp3) is 0.550. The number of hydrogen-bond donors (Lipinski definition) is 1. The smallest absolute Gasteiger partial charge is 0.247 e. The third-order valence-corrected chi connectivity index (χ3v) is 6.50. The average Bonchev–Trinajstić information content (AvgIpc) is 3.24. The highest BCUT2D eigenvalue weighted by molar-refractivity contribution is 6.10. The van der Waals surface area contributed by atoms with Crippen molar-refractivity contribution in [3.63, 3.8) is 0 Å². The van der Waals surface area contributed by atoms with E-state index in [9.17, 15) is 14.4 Å². The Morgan fingerprint density at radius 2 is 1.68 bits per heavy atom. The molecular weight excluding hydrogens is 316 g/mol. The lowest BCUT2D eigenvalue weighted by atomic mass is 9.81. The first-order valence-corrected chi connectivity index (χ1v) is 9.13. The van der Waals surface area contributed by atoms with Crippen LogP contribution in [0.15, 0.2) is 18.2 Å². The zero-order valence-corrected chi connectivity index (χ0v) is 14.9. The monoisotopic (exact) mass is 340 g/mol. The van der Waals surface area contributed by atoms with Crippen molar-refractivity contribution >= 4 is 23.4 Å². The molecule has 1 heterocycles. The SMILES string of the molecule is Cc1ccc(NC(=O)[C@@H](C)N2C(=O)[C@@H]3[C@H]4CC[C@@H](C4)[C@@H]3C2=O)cc1C. The van der Waals surface area contributed by atoms with Gasteiger partial charge in [0.2, 0.25) is 17.7 Å². The minimum atomic E-state index is -0.772. The van der Waals surface area contributed by atoms with Gasteiger partial charge in [-0.1, -0.05) is 6.07 Å². The summed E-state index contributed by atoms with van der Waals surface area (Å²) in [5.74, 6) is -0.253. The van der Waals surface area contributed by atoms with E-state index in [1.807, 2.05) is 32.0 Å². The molecule has 0 radical (unpaired) electrons. The molecule has 2 bridgehead atoms. The second-order valence-electron chi connectivity index (χ2n) is 7.90. The van der Waals surface area contributed by atoms with Crippen LogP contribution in [-0.2, 0) is 14.4 Å². The van der Waals surface area contributed by atoms with Gasteiger partial charge in [-0.2, -0.15) is 0 Å². The van der Waals surface area contributed by atoms with Crippen LogP contribution in [0.4, 0.5) is 5.69 Å². The van der Waals surface area contributed by atoms with Crippen molar-refractivity contribution in [1.82, 2.24) is 4.90 Å². The minimum absolute atomic E-state index is 0.134. The first-order valence-electron chi connectivity index (χ1n) is 9.13. The van der Waals surface area contributed by atoms with Gasteiger partial charge in [0.25, 0.3) is 0 Å². The Hall–Kier alpha value is -2.17. The zero-order valence-electron chi connectivity index (χ0n) is 14.9. The highest BCUT2D eigenvalue weighted by Gasteiger charge is 2.62. The van der Waals surface area contributed by atoms with Crippen LogP contribution < -0.4 is 5.32 Å². The van der Waals surface area contributed by atoms with Crippen molar-refractivity contribution in [2.45, 2.75) is 46.1 Å². The topological polar surface area (TPSA) is 66.5 Å². The first-order chi connectivity index (χ1) is 11.9. The van der Waals surface area contributed by atoms with Gasteiger partial charge in [0.15, 0.2) is 0 Å². The van der Waals surface area contributed by atoms with Crippen molar-refractivity contribution in [2.24, 2.45) is 23.7 Å². The Labute approximate surface area is 147 Å². The fourth-order valence-corrected chi connectivity index (χ4v) is 5.00. The summed E-state index contributed by atoms with van der Waals surface area (Å²) in [6, 6.07) is 4.92. The lowest BCUT2D eigenvalue weighted by Crippen LogP contribution is -2.46. The van der Waals surface area contributed by atoms with Crippen LogP contribution in [0.25, 0.3) is 0 Å². The maximum absolute atomic E-state index is 12.8. The summed E-state index contributed by atoms with van der Waals surface area (Å²) in [6.07, 6.45) is 3.09. The van der Waals surface area contributed by atoms with Crippen LogP contribution in [0.1, 0.15) is 37.3 Å². The van der Waals surface area contributed by atoms with Gasteiger partial charge in [-0.05, 0) is 75.1 Å². The zero-order chi connectivity index (χ0) is 17.9. The number of likely N-dealkylation sites (tertiary alicyclic amines) is 1. The molecule has 1 aromatic rings. The molecule has 25 heavy (non-hydrogen) atoms. The molecule has 3 fully saturated rings. The van der Waals surface area contributed by atoms with E-state index >= 15 is 0 Å². The van der Waals surface area contributed by atoms with E-state index in [2.05, 4.69) is 5.32 Å². The van der Waals surface area contributed by atoms with Gasteiger partial charge in [-0.15, -0.1) is 0 Å². The molecule has 0 unspecified atom stereocenters. The number of fused-ring (bicyclic) bond motifs is 5. The Kier molecular flexibility index (Phi) is 3.71. The molecule has 4 rings (SSSR count). The molecule has 1 N–H and O–H groups in total. The fourth-order valence-electron chi connectivity index (χ4n) is 5.00. The Balaban J connectivity index is 1.51. The Bertz CT molecular complexity index is 744. The van der Waals surface area contributed by atoms with Gasteiger partial charge in [-0.3, -0.25) is 19.3 Å². The van der Waals surface area contributed by atoms with E-state index in [1.54, 1.807) is 6.92 Å². The second kappa shape index (κ2) is 5.68. The third kappa shape index (κ3) is 2.40. The van der Waals surface area contributed by atoms with Crippen LogP contribution in [0, 0.1) is 37.5 Å². The molecule has 1 aromatic carbocycles. The number of aryl methyl sites for hydroxylation is 2. The average molecular weight is 340 g/mol. The second-order valence-corrected chi connectivity index (χ2v) is 7.90. The van der Waals surface area contributed by atoms with Crippen LogP contribution in [-0.4, -0.2) is 28.7 Å². The summed E-state index contributed by atoms with van der Waals surface area (Å²) < 4.78 is 0. The maximum atomic E-state index is 12.8. The van der Waals surface area contributed by atoms with Gasteiger partial charge < -0.3 is 5.32 Å². The summed E-state index contributed by atoms with van der Waals surface area (Å²) >= 11 is 0. The molecule has 5 atom stereocenters. The van der Waals surface area contributed by atoms with Gasteiger partial charge in [0.1, 0.15) is 6.04 Å². The molecule has 2 saturated carbocycles. The molecular formula is C20H24N2O3. The largest absolute Gasteiger partial charge is 0.324 e. The Morgan fingerprint density at radius 1 is 1.08 bits per heavy atom. The molecule has 5 heteroatoms. The predicted molar refractivity (Wildman–Crippen MR) is 93.7 cm³/mol. The molecule has 132 valence electrons. The maximum Gasteiger partial charge on any atom is 0.247 e. The molecule has 1 saturated heterocycles. The lowest BCUT2D eigenvalue weighted by molar-refractivity contribution is -0.146. The molecule has 3 amide bonds. The minimum Gasteiger partial charge on any atom is -0.324 e. The van der Waals surface area contributed by atoms with Crippen molar-refractivity contribution in [3.8, 4) is 0 Å². The van der Waals surface area contributed by atoms with Crippen molar-refractivity contribution in [2.75, 3.05) is 5.32 Å². The van der Waals surface area contributed by atoms with Crippen LogP contribution in [0.5, 0.6) is 0 Å². The van der Waals surface area contributed by atoms with Crippen molar-refractivity contribution in [1.29, 1.82) is 0 Å². The number of anilines is 1. The lowest BCUT2D eigenvalue weighted by Gasteiger charge is -2.24. The quantitative estimate of drug-likeness (QED) is 0.860. The van der Waals surface area contributed by atoms with Crippen LogP contribution in [0.3, 0.4) is 0 Å². The molecule has 2 aliphatic carbocycles. The molecule has 0 spiro atoms. The molecule has 3 aliphatic rings. The van der Waals surface area contributed by atoms with E-state index in [-0.39, 0.29) is 29.6 Å². The number of benzene rings is 1. The van der Waals surface area contributed by atoms with Crippen LogP contribution >= 0.6 is 0 Å². The van der Waals surface area contributed by atoms with E-state index < -0.39 is 6.04 Å². The number of nitrogens with one attached hydrogen (secondary N) is 1. The number of carbonyl (C=O) groups excluding carboxylic acids is 3. The summed E-state index contributed by atoms with van der Waals surface area (Å²) in [7, 11) is 0. The van der Waals surface area contributed by atoms with E-state index in [4.69, 9.17) is 0 Å². The van der Waals surface area contributed by atoms with Crippen LogP contribution in [0.2, 0.25) is 0 Å². The van der Waals surface area contributed by atoms with Gasteiger partial charge in [0.05, 0.1) is 11.8 Å². The summed E-state index contributed by atoms with van der Waals surface area (Å²) in [6.45, 7) is 5.65. The first kappa shape index (κ1) is 16.3. The number of nitrogens with zero attached hydrogens (tertiary/aromatic N) is 1. The normalized spacial score (nSPS) is 31.4. The predicted octanol–water partition coefficient (Wildman–Crippen LogP) is 2.66. The Morgan fingerprint density at radius 3 is 2.24 bits per heavy atom. The number of hydrogen-bond acceptors (Lipinski definition) is 3.